The highest BCUT2D eigenvalue weighted by Crippen LogP contribution is 2.37. The van der Waals surface area contributed by atoms with Crippen molar-refractivity contribution in [3.63, 3.8) is 0 Å². The number of nitrogen functional groups attached to an aromatic ring is 1. The van der Waals surface area contributed by atoms with Crippen molar-refractivity contribution in [1.82, 2.24) is 25.1 Å². The van der Waals surface area contributed by atoms with Crippen LogP contribution in [0.3, 0.4) is 0 Å². The second kappa shape index (κ2) is 6.74. The number of hydrogen-bond donors (Lipinski definition) is 4. The number of aromatic amines is 2. The third kappa shape index (κ3) is 2.89. The third-order valence-electron chi connectivity index (χ3n) is 5.30. The first-order valence-corrected chi connectivity index (χ1v) is 9.71. The Bertz CT molecular complexity index is 1470. The molecular weight excluding hydrogens is 390 g/mol. The molecule has 1 aliphatic rings. The molecule has 0 fully saturated rings. The minimum Gasteiger partial charge on any atom is -0.472 e. The fourth-order valence-electron chi connectivity index (χ4n) is 3.83. The van der Waals surface area contributed by atoms with Gasteiger partial charge >= 0.3 is 0 Å². The van der Waals surface area contributed by atoms with E-state index in [4.69, 9.17) is 10.2 Å². The van der Waals surface area contributed by atoms with E-state index in [0.717, 1.165) is 50.4 Å². The van der Waals surface area contributed by atoms with Gasteiger partial charge in [-0.05, 0) is 35.9 Å². The molecule has 150 valence electrons. The van der Waals surface area contributed by atoms with Crippen molar-refractivity contribution < 1.29 is 4.42 Å². The van der Waals surface area contributed by atoms with Gasteiger partial charge in [0.1, 0.15) is 5.82 Å². The Morgan fingerprint density at radius 2 is 1.94 bits per heavy atom. The molecule has 5 aromatic rings. The minimum atomic E-state index is 0.607. The number of aromatic nitrogens is 5. The van der Waals surface area contributed by atoms with Gasteiger partial charge in [0.2, 0.25) is 0 Å². The van der Waals surface area contributed by atoms with Crippen LogP contribution in [-0.4, -0.2) is 25.1 Å². The van der Waals surface area contributed by atoms with Gasteiger partial charge in [0.05, 0.1) is 29.6 Å². The van der Waals surface area contributed by atoms with Crippen molar-refractivity contribution in [3.8, 4) is 22.5 Å². The van der Waals surface area contributed by atoms with Gasteiger partial charge in [0, 0.05) is 52.4 Å². The van der Waals surface area contributed by atoms with Gasteiger partial charge in [-0.15, -0.1) is 0 Å². The molecule has 0 aliphatic carbocycles. The van der Waals surface area contributed by atoms with Gasteiger partial charge in [0.15, 0.2) is 5.65 Å². The Labute approximate surface area is 176 Å². The van der Waals surface area contributed by atoms with Crippen molar-refractivity contribution >= 4 is 28.1 Å². The molecule has 0 atom stereocenters. The van der Waals surface area contributed by atoms with E-state index in [2.05, 4.69) is 42.6 Å². The smallest absolute Gasteiger partial charge is 0.181 e. The summed E-state index contributed by atoms with van der Waals surface area (Å²) < 4.78 is 5.29. The summed E-state index contributed by atoms with van der Waals surface area (Å²) in [5, 5.41) is 11.7. The molecule has 0 radical (unpaired) electrons. The Morgan fingerprint density at radius 3 is 2.81 bits per heavy atom. The number of nitrogens with one attached hydrogen (secondary N) is 3. The standard InChI is InChI=1S/C23H17N7O/c24-16-6-14(9-25-11-16)15-7-19-21(29-30-23(19)27-10-15)20-8-18-17(13-3-5-31-12-13)2-1-4-26-22(18)28-20/h1-12,26,28H,24H2,(H,27,29,30). The van der Waals surface area contributed by atoms with Crippen LogP contribution in [0.2, 0.25) is 0 Å². The topological polar surface area (TPSA) is 121 Å². The third-order valence-corrected chi connectivity index (χ3v) is 5.30. The number of pyridine rings is 2. The number of H-pyrrole nitrogens is 2. The zero-order valence-corrected chi connectivity index (χ0v) is 16.3. The molecule has 8 nitrogen and oxygen atoms in total. The number of rotatable bonds is 3. The van der Waals surface area contributed by atoms with E-state index in [-0.39, 0.29) is 0 Å². The first-order chi connectivity index (χ1) is 15.3. The molecule has 0 saturated heterocycles. The number of furan rings is 1. The van der Waals surface area contributed by atoms with Gasteiger partial charge < -0.3 is 20.5 Å². The predicted molar refractivity (Wildman–Crippen MR) is 120 cm³/mol. The lowest BCUT2D eigenvalue weighted by Gasteiger charge is -2.03. The molecule has 0 unspecified atom stereocenters. The van der Waals surface area contributed by atoms with Crippen LogP contribution >= 0.6 is 0 Å². The maximum atomic E-state index is 5.90. The number of hydrogen-bond acceptors (Lipinski definition) is 6. The average molecular weight is 407 g/mol. The number of nitrogens with zero attached hydrogens (tertiary/aromatic N) is 3. The van der Waals surface area contributed by atoms with E-state index in [1.165, 1.54) is 0 Å². The normalized spacial score (nSPS) is 13.0. The van der Waals surface area contributed by atoms with E-state index in [1.54, 1.807) is 31.1 Å². The molecule has 5 N–H and O–H groups in total. The number of nitrogens with two attached hydrogens (primary N) is 1. The van der Waals surface area contributed by atoms with E-state index >= 15 is 0 Å². The Morgan fingerprint density at radius 1 is 1.00 bits per heavy atom. The fraction of sp³-hybridized carbons (Fsp3) is 0. The molecule has 8 heteroatoms. The maximum Gasteiger partial charge on any atom is 0.181 e. The van der Waals surface area contributed by atoms with Crippen LogP contribution < -0.4 is 11.1 Å². The minimum absolute atomic E-state index is 0.607. The quantitative estimate of drug-likeness (QED) is 0.348. The summed E-state index contributed by atoms with van der Waals surface area (Å²) in [6.45, 7) is 0. The molecule has 0 bridgehead atoms. The lowest BCUT2D eigenvalue weighted by atomic mass is 10.0. The number of anilines is 2. The number of fused-ring (bicyclic) bond motifs is 2. The van der Waals surface area contributed by atoms with Crippen molar-refractivity contribution in [3.05, 3.63) is 84.9 Å². The van der Waals surface area contributed by atoms with E-state index in [1.807, 2.05) is 30.5 Å². The van der Waals surface area contributed by atoms with Crippen LogP contribution in [-0.2, 0) is 0 Å². The fourth-order valence-corrected chi connectivity index (χ4v) is 3.83. The van der Waals surface area contributed by atoms with Gasteiger partial charge in [-0.2, -0.15) is 5.10 Å². The lowest BCUT2D eigenvalue weighted by molar-refractivity contribution is 0.566. The lowest BCUT2D eigenvalue weighted by Crippen LogP contribution is -1.90. The van der Waals surface area contributed by atoms with Crippen molar-refractivity contribution in [2.75, 3.05) is 11.1 Å². The zero-order valence-electron chi connectivity index (χ0n) is 16.3. The van der Waals surface area contributed by atoms with Gasteiger partial charge in [-0.3, -0.25) is 10.1 Å². The van der Waals surface area contributed by atoms with Crippen LogP contribution in [0, 0.1) is 0 Å². The second-order valence-corrected chi connectivity index (χ2v) is 7.27. The molecule has 5 aromatic heterocycles. The molecule has 31 heavy (non-hydrogen) atoms. The highest BCUT2D eigenvalue weighted by Gasteiger charge is 2.19. The largest absolute Gasteiger partial charge is 0.472 e. The van der Waals surface area contributed by atoms with Gasteiger partial charge in [-0.1, -0.05) is 6.08 Å². The molecule has 0 aromatic carbocycles. The molecule has 0 amide bonds. The van der Waals surface area contributed by atoms with Gasteiger partial charge in [-0.25, -0.2) is 4.98 Å². The van der Waals surface area contributed by atoms with E-state index < -0.39 is 0 Å². The van der Waals surface area contributed by atoms with Crippen LogP contribution in [0.25, 0.3) is 39.1 Å². The molecule has 6 rings (SSSR count). The highest BCUT2D eigenvalue weighted by atomic mass is 16.3. The van der Waals surface area contributed by atoms with Crippen LogP contribution in [0.1, 0.15) is 11.1 Å². The van der Waals surface area contributed by atoms with Crippen LogP contribution in [0.4, 0.5) is 11.5 Å². The van der Waals surface area contributed by atoms with Gasteiger partial charge in [0.25, 0.3) is 0 Å². The summed E-state index contributed by atoms with van der Waals surface area (Å²) in [6.07, 6.45) is 14.5. The molecule has 0 saturated carbocycles. The predicted octanol–water partition coefficient (Wildman–Crippen LogP) is 4.56. The van der Waals surface area contributed by atoms with Crippen molar-refractivity contribution in [2.24, 2.45) is 0 Å². The second-order valence-electron chi connectivity index (χ2n) is 7.27. The van der Waals surface area contributed by atoms with Crippen LogP contribution in [0.15, 0.2) is 78.2 Å². The number of allylic oxidation sites excluding steroid dienone is 2. The molecule has 0 spiro atoms. The Hall–Kier alpha value is -4.59. The Kier molecular flexibility index (Phi) is 3.76. The summed E-state index contributed by atoms with van der Waals surface area (Å²) in [5.41, 5.74) is 13.8. The zero-order chi connectivity index (χ0) is 20.8. The summed E-state index contributed by atoms with van der Waals surface area (Å²) in [7, 11) is 0. The summed E-state index contributed by atoms with van der Waals surface area (Å²) in [6, 6.07) is 7.97. The van der Waals surface area contributed by atoms with E-state index in [0.29, 0.717) is 11.3 Å². The molecule has 1 aliphatic heterocycles. The maximum absolute atomic E-state index is 5.90. The average Bonchev–Trinajstić information content (AvgIpc) is 3.52. The molecular formula is C23H17N7O. The summed E-state index contributed by atoms with van der Waals surface area (Å²) in [5.74, 6) is 0.892. The molecule has 6 heterocycles. The van der Waals surface area contributed by atoms with E-state index in [9.17, 15) is 0 Å². The van der Waals surface area contributed by atoms with Crippen LogP contribution in [0.5, 0.6) is 0 Å². The highest BCUT2D eigenvalue weighted by molar-refractivity contribution is 5.95. The monoisotopic (exact) mass is 407 g/mol. The summed E-state index contributed by atoms with van der Waals surface area (Å²) >= 11 is 0. The van der Waals surface area contributed by atoms with Crippen molar-refractivity contribution in [1.29, 1.82) is 0 Å². The van der Waals surface area contributed by atoms with Crippen molar-refractivity contribution in [2.45, 2.75) is 0 Å². The first-order valence-electron chi connectivity index (χ1n) is 9.71. The SMILES string of the molecule is Nc1cncc(-c2cnc3n[nH]c(-c4cc5c([nH]4)NC=CC=C5c4ccoc4)c3c2)c1. The first kappa shape index (κ1) is 17.3. The summed E-state index contributed by atoms with van der Waals surface area (Å²) in [4.78, 5) is 12.2. The Balaban J connectivity index is 1.48.